The number of rotatable bonds is 8. The van der Waals surface area contributed by atoms with Crippen LogP contribution in [0.4, 0.5) is 0 Å². The number of fused-ring (bicyclic) bond motifs is 1. The van der Waals surface area contributed by atoms with E-state index in [0.29, 0.717) is 44.1 Å². The summed E-state index contributed by atoms with van der Waals surface area (Å²) in [5.74, 6) is 0.601. The van der Waals surface area contributed by atoms with E-state index in [1.54, 1.807) is 62.4 Å². The molecule has 35 heavy (non-hydrogen) atoms. The normalized spacial score (nSPS) is 15.4. The number of allylic oxidation sites excluding steroid dienone is 1. The van der Waals surface area contributed by atoms with Gasteiger partial charge in [0.25, 0.3) is 5.56 Å². The van der Waals surface area contributed by atoms with Gasteiger partial charge >= 0.3 is 5.97 Å². The van der Waals surface area contributed by atoms with E-state index >= 15 is 0 Å². The molecule has 0 bridgehead atoms. The second kappa shape index (κ2) is 10.7. The van der Waals surface area contributed by atoms with Crippen LogP contribution in [0.3, 0.4) is 0 Å². The van der Waals surface area contributed by atoms with Crippen LogP contribution in [0.15, 0.2) is 63.8 Å². The molecule has 0 saturated carbocycles. The van der Waals surface area contributed by atoms with Crippen LogP contribution < -0.4 is 24.4 Å². The summed E-state index contributed by atoms with van der Waals surface area (Å²) in [7, 11) is 3.12. The van der Waals surface area contributed by atoms with Crippen molar-refractivity contribution in [3.05, 3.63) is 84.8 Å². The molecule has 1 aromatic carbocycles. The average molecular weight is 494 g/mol. The Hall–Kier alpha value is -3.72. The third-order valence-corrected chi connectivity index (χ3v) is 6.59. The Bertz CT molecular complexity index is 1440. The van der Waals surface area contributed by atoms with Crippen molar-refractivity contribution in [2.45, 2.75) is 32.7 Å². The van der Waals surface area contributed by atoms with Crippen molar-refractivity contribution in [3.8, 4) is 11.5 Å². The molecule has 3 heterocycles. The fourth-order valence-electron chi connectivity index (χ4n) is 4.08. The standard InChI is InChI=1S/C26H27N3O5S/c1-5-8-19-22(25(31)34-6-2)23(18-14-17(32-3)10-11-20(18)33-4)29-24(30)21(35-26(29)28-19)13-16-9-7-12-27-15-16/h7,9-15,23H,5-6,8H2,1-4H3. The van der Waals surface area contributed by atoms with E-state index in [-0.39, 0.29) is 12.2 Å². The summed E-state index contributed by atoms with van der Waals surface area (Å²) in [6, 6.07) is 8.23. The van der Waals surface area contributed by atoms with Gasteiger partial charge in [0.05, 0.1) is 36.6 Å². The van der Waals surface area contributed by atoms with E-state index in [4.69, 9.17) is 19.2 Å². The van der Waals surface area contributed by atoms with E-state index < -0.39 is 12.0 Å². The number of methoxy groups -OCH3 is 2. The molecule has 0 fully saturated rings. The van der Waals surface area contributed by atoms with Crippen LogP contribution in [-0.2, 0) is 9.53 Å². The molecular formula is C26H27N3O5S. The van der Waals surface area contributed by atoms with Crippen LogP contribution in [0.2, 0.25) is 0 Å². The molecule has 0 amide bonds. The van der Waals surface area contributed by atoms with Gasteiger partial charge in [-0.25, -0.2) is 9.79 Å². The van der Waals surface area contributed by atoms with Gasteiger partial charge in [-0.3, -0.25) is 14.3 Å². The minimum atomic E-state index is -0.784. The van der Waals surface area contributed by atoms with Gasteiger partial charge in [0.1, 0.15) is 17.5 Å². The lowest BCUT2D eigenvalue weighted by Crippen LogP contribution is -2.40. The highest BCUT2D eigenvalue weighted by Crippen LogP contribution is 2.38. The molecular weight excluding hydrogens is 466 g/mol. The number of esters is 1. The number of benzene rings is 1. The van der Waals surface area contributed by atoms with E-state index in [1.165, 1.54) is 11.3 Å². The van der Waals surface area contributed by atoms with Crippen LogP contribution >= 0.6 is 11.3 Å². The van der Waals surface area contributed by atoms with Gasteiger partial charge in [0, 0.05) is 18.0 Å². The van der Waals surface area contributed by atoms with Crippen LogP contribution in [0.25, 0.3) is 6.08 Å². The summed E-state index contributed by atoms with van der Waals surface area (Å²) in [5, 5.41) is 0. The van der Waals surface area contributed by atoms with Crippen molar-refractivity contribution in [3.63, 3.8) is 0 Å². The first-order chi connectivity index (χ1) is 17.0. The van der Waals surface area contributed by atoms with Gasteiger partial charge in [-0.2, -0.15) is 0 Å². The molecule has 1 aliphatic rings. The summed E-state index contributed by atoms with van der Waals surface area (Å²) in [4.78, 5) is 36.5. The lowest BCUT2D eigenvalue weighted by atomic mass is 9.93. The Morgan fingerprint density at radius 3 is 2.69 bits per heavy atom. The zero-order chi connectivity index (χ0) is 24.9. The maximum Gasteiger partial charge on any atom is 0.338 e. The molecule has 4 rings (SSSR count). The number of hydrogen-bond donors (Lipinski definition) is 0. The zero-order valence-electron chi connectivity index (χ0n) is 20.1. The smallest absolute Gasteiger partial charge is 0.338 e. The van der Waals surface area contributed by atoms with Gasteiger partial charge in [-0.05, 0) is 49.2 Å². The van der Waals surface area contributed by atoms with Crippen LogP contribution in [0, 0.1) is 0 Å². The first kappa shape index (κ1) is 24.4. The number of nitrogens with zero attached hydrogens (tertiary/aromatic N) is 3. The fraction of sp³-hybridized carbons (Fsp3) is 0.308. The maximum absolute atomic E-state index is 13.8. The lowest BCUT2D eigenvalue weighted by molar-refractivity contribution is -0.139. The van der Waals surface area contributed by atoms with E-state index in [2.05, 4.69) is 4.98 Å². The van der Waals surface area contributed by atoms with E-state index in [9.17, 15) is 9.59 Å². The zero-order valence-corrected chi connectivity index (χ0v) is 20.9. The molecule has 1 aliphatic heterocycles. The molecule has 9 heteroatoms. The molecule has 0 spiro atoms. The van der Waals surface area contributed by atoms with Crippen LogP contribution in [0.5, 0.6) is 11.5 Å². The molecule has 2 aromatic heterocycles. The molecule has 0 aliphatic carbocycles. The summed E-state index contributed by atoms with van der Waals surface area (Å²) >= 11 is 1.28. The summed E-state index contributed by atoms with van der Waals surface area (Å²) < 4.78 is 18.6. The van der Waals surface area contributed by atoms with Gasteiger partial charge < -0.3 is 14.2 Å². The van der Waals surface area contributed by atoms with Gasteiger partial charge in [-0.15, -0.1) is 0 Å². The molecule has 182 valence electrons. The SMILES string of the molecule is CCCC1=C(C(=O)OCC)C(c2cc(OC)ccc2OC)n2c(sc(=Cc3cccnc3)c2=O)=N1. The molecule has 3 aromatic rings. The number of carbonyl (C=O) groups excluding carboxylic acids is 1. The monoisotopic (exact) mass is 493 g/mol. The third-order valence-electron chi connectivity index (χ3n) is 5.61. The van der Waals surface area contributed by atoms with Crippen molar-refractivity contribution < 1.29 is 19.0 Å². The Labute approximate surface area is 206 Å². The quantitative estimate of drug-likeness (QED) is 0.448. The first-order valence-electron chi connectivity index (χ1n) is 11.4. The summed E-state index contributed by atoms with van der Waals surface area (Å²) in [5.41, 5.74) is 2.10. The van der Waals surface area contributed by atoms with Crippen LogP contribution in [0.1, 0.15) is 43.9 Å². The maximum atomic E-state index is 13.8. The van der Waals surface area contributed by atoms with Gasteiger partial charge in [0.15, 0.2) is 4.80 Å². The van der Waals surface area contributed by atoms with Crippen molar-refractivity contribution in [2.75, 3.05) is 20.8 Å². The third kappa shape index (κ3) is 4.77. The predicted molar refractivity (Wildman–Crippen MR) is 133 cm³/mol. The largest absolute Gasteiger partial charge is 0.497 e. The van der Waals surface area contributed by atoms with Crippen molar-refractivity contribution in [1.29, 1.82) is 0 Å². The number of hydrogen-bond acceptors (Lipinski definition) is 8. The molecule has 0 radical (unpaired) electrons. The Morgan fingerprint density at radius 1 is 1.20 bits per heavy atom. The highest BCUT2D eigenvalue weighted by atomic mass is 32.1. The van der Waals surface area contributed by atoms with Crippen molar-refractivity contribution >= 4 is 23.4 Å². The molecule has 1 unspecified atom stereocenters. The van der Waals surface area contributed by atoms with Crippen molar-refractivity contribution in [2.24, 2.45) is 4.99 Å². The number of thiazole rings is 1. The average Bonchev–Trinajstić information content (AvgIpc) is 3.18. The fourth-order valence-corrected chi connectivity index (χ4v) is 5.10. The highest BCUT2D eigenvalue weighted by molar-refractivity contribution is 7.07. The Morgan fingerprint density at radius 2 is 2.03 bits per heavy atom. The second-order valence-corrected chi connectivity index (χ2v) is 8.82. The number of aromatic nitrogens is 2. The minimum Gasteiger partial charge on any atom is -0.497 e. The predicted octanol–water partition coefficient (Wildman–Crippen LogP) is 2.99. The number of pyridine rings is 1. The van der Waals surface area contributed by atoms with Crippen molar-refractivity contribution in [1.82, 2.24) is 9.55 Å². The lowest BCUT2D eigenvalue weighted by Gasteiger charge is -2.27. The molecule has 0 N–H and O–H groups in total. The first-order valence-corrected chi connectivity index (χ1v) is 12.2. The molecule has 8 nitrogen and oxygen atoms in total. The number of carbonyl (C=O) groups is 1. The topological polar surface area (TPSA) is 92.0 Å². The van der Waals surface area contributed by atoms with E-state index in [0.717, 1.165) is 12.0 Å². The Kier molecular flexibility index (Phi) is 7.45. The highest BCUT2D eigenvalue weighted by Gasteiger charge is 2.36. The summed E-state index contributed by atoms with van der Waals surface area (Å²) in [6.45, 7) is 3.97. The van der Waals surface area contributed by atoms with Crippen LogP contribution in [-0.4, -0.2) is 36.3 Å². The second-order valence-electron chi connectivity index (χ2n) is 7.81. The van der Waals surface area contributed by atoms with E-state index in [1.807, 2.05) is 19.1 Å². The minimum absolute atomic E-state index is 0.204. The molecule has 1 atom stereocenters. The molecule has 0 saturated heterocycles. The number of ether oxygens (including phenoxy) is 3. The van der Waals surface area contributed by atoms with Gasteiger partial charge in [-0.1, -0.05) is 30.7 Å². The Balaban J connectivity index is 2.06. The van der Waals surface area contributed by atoms with Gasteiger partial charge in [0.2, 0.25) is 0 Å². The summed E-state index contributed by atoms with van der Waals surface area (Å²) in [6.07, 6.45) is 6.48.